The molecule has 0 bridgehead atoms. The first-order chi connectivity index (χ1) is 5.11. The van der Waals surface area contributed by atoms with Gasteiger partial charge in [-0.05, 0) is 0 Å². The summed E-state index contributed by atoms with van der Waals surface area (Å²) in [6.07, 6.45) is -2.58. The van der Waals surface area contributed by atoms with Gasteiger partial charge in [-0.15, -0.1) is 0 Å². The molecule has 60 valence electrons. The molecule has 0 saturated carbocycles. The number of hydrogen-bond donors (Lipinski definition) is 0. The van der Waals surface area contributed by atoms with Crippen LogP contribution in [-0.4, -0.2) is 4.98 Å². The molecular weight excluding hydrogens is 162 g/mol. The van der Waals surface area contributed by atoms with E-state index in [-0.39, 0.29) is 0 Å². The lowest BCUT2D eigenvalue weighted by Crippen LogP contribution is -1.94. The second kappa shape index (κ2) is 2.86. The minimum Gasteiger partial charge on any atom is -0.225 e. The molecule has 1 aromatic heterocycles. The maximum atomic E-state index is 12.3. The summed E-state index contributed by atoms with van der Waals surface area (Å²) in [6, 6.07) is 0.375. The van der Waals surface area contributed by atoms with Gasteiger partial charge in [0.2, 0.25) is 5.95 Å². The highest BCUT2D eigenvalue weighted by molar-refractivity contribution is 5.14. The third kappa shape index (κ3) is 1.66. The van der Waals surface area contributed by atoms with Gasteiger partial charge in [-0.25, -0.2) is 18.2 Å². The van der Waals surface area contributed by atoms with E-state index in [0.717, 1.165) is 0 Å². The Balaban J connectivity index is 3.13. The van der Waals surface area contributed by atoms with E-state index in [9.17, 15) is 17.6 Å². The Morgan fingerprint density at radius 2 is 1.91 bits per heavy atom. The lowest BCUT2D eigenvalue weighted by Gasteiger charge is -1.99. The Labute approximate surface area is 59.7 Å². The maximum absolute atomic E-state index is 12.3. The molecule has 0 aliphatic carbocycles. The van der Waals surface area contributed by atoms with Crippen molar-refractivity contribution in [3.63, 3.8) is 0 Å². The van der Waals surface area contributed by atoms with Crippen LogP contribution in [0.3, 0.4) is 0 Å². The van der Waals surface area contributed by atoms with E-state index >= 15 is 0 Å². The van der Waals surface area contributed by atoms with E-state index < -0.39 is 23.8 Å². The first-order valence-corrected chi connectivity index (χ1v) is 2.70. The molecule has 0 atom stereocenters. The van der Waals surface area contributed by atoms with Crippen LogP contribution in [0.1, 0.15) is 12.0 Å². The Hall–Kier alpha value is -1.13. The summed E-state index contributed by atoms with van der Waals surface area (Å²) < 4.78 is 48.0. The molecule has 0 radical (unpaired) electrons. The van der Waals surface area contributed by atoms with E-state index in [1.165, 1.54) is 0 Å². The van der Waals surface area contributed by atoms with Crippen LogP contribution in [0.2, 0.25) is 0 Å². The van der Waals surface area contributed by atoms with Crippen LogP contribution in [0.15, 0.2) is 12.3 Å². The van der Waals surface area contributed by atoms with Crippen molar-refractivity contribution in [1.82, 2.24) is 4.98 Å². The quantitative estimate of drug-likeness (QED) is 0.459. The Morgan fingerprint density at radius 1 is 1.27 bits per heavy atom. The molecule has 5 heteroatoms. The van der Waals surface area contributed by atoms with Gasteiger partial charge in [-0.2, -0.15) is 4.39 Å². The van der Waals surface area contributed by atoms with Gasteiger partial charge in [0, 0.05) is 6.07 Å². The van der Waals surface area contributed by atoms with E-state index in [1.807, 2.05) is 0 Å². The molecule has 0 unspecified atom stereocenters. The van der Waals surface area contributed by atoms with Crippen molar-refractivity contribution >= 4 is 0 Å². The topological polar surface area (TPSA) is 12.9 Å². The normalized spacial score (nSPS) is 10.6. The fraction of sp³-hybridized carbons (Fsp3) is 0.167. The lowest BCUT2D eigenvalue weighted by atomic mass is 10.3. The van der Waals surface area contributed by atoms with Crippen molar-refractivity contribution in [2.75, 3.05) is 0 Å². The number of pyridine rings is 1. The molecule has 0 spiro atoms. The summed E-state index contributed by atoms with van der Waals surface area (Å²) in [4.78, 5) is 2.85. The van der Waals surface area contributed by atoms with Gasteiger partial charge in [0.15, 0.2) is 5.82 Å². The highest BCUT2D eigenvalue weighted by Crippen LogP contribution is 2.21. The van der Waals surface area contributed by atoms with Crippen molar-refractivity contribution < 1.29 is 17.6 Å². The van der Waals surface area contributed by atoms with E-state index in [0.29, 0.717) is 12.3 Å². The fourth-order valence-electron chi connectivity index (χ4n) is 0.595. The van der Waals surface area contributed by atoms with Crippen LogP contribution >= 0.6 is 0 Å². The molecular formula is C6H3F4N. The molecule has 0 amide bonds. The van der Waals surface area contributed by atoms with Crippen LogP contribution in [0.5, 0.6) is 0 Å². The number of alkyl halides is 2. The number of rotatable bonds is 1. The summed E-state index contributed by atoms with van der Waals surface area (Å²) in [5.41, 5.74) is -0.961. The Kier molecular flexibility index (Phi) is 2.07. The van der Waals surface area contributed by atoms with E-state index in [4.69, 9.17) is 0 Å². The number of halogens is 4. The zero-order valence-corrected chi connectivity index (χ0v) is 5.19. The Morgan fingerprint density at radius 3 is 2.36 bits per heavy atom. The predicted octanol–water partition coefficient (Wildman–Crippen LogP) is 2.30. The number of nitrogens with zero attached hydrogens (tertiary/aromatic N) is 1. The molecule has 0 aliphatic rings. The van der Waals surface area contributed by atoms with Crippen molar-refractivity contribution in [3.8, 4) is 0 Å². The van der Waals surface area contributed by atoms with Gasteiger partial charge in [-0.1, -0.05) is 0 Å². The number of aromatic nitrogens is 1. The van der Waals surface area contributed by atoms with Gasteiger partial charge < -0.3 is 0 Å². The minimum atomic E-state index is -3.01. The molecule has 0 fully saturated rings. The monoisotopic (exact) mass is 165 g/mol. The standard InChI is InChI=1S/C6H3F4N/c7-4-2-11-5(8)1-3(4)6(9)10/h1-2,6H. The fourth-order valence-corrected chi connectivity index (χ4v) is 0.595. The third-order valence-electron chi connectivity index (χ3n) is 1.09. The van der Waals surface area contributed by atoms with Crippen molar-refractivity contribution in [1.29, 1.82) is 0 Å². The molecule has 1 rings (SSSR count). The summed E-state index contributed by atoms with van der Waals surface area (Å²) in [7, 11) is 0. The first kappa shape index (κ1) is 7.97. The molecule has 0 aliphatic heterocycles. The van der Waals surface area contributed by atoms with Crippen LogP contribution in [0.4, 0.5) is 17.6 Å². The predicted molar refractivity (Wildman–Crippen MR) is 29.1 cm³/mol. The van der Waals surface area contributed by atoms with Crippen molar-refractivity contribution in [2.24, 2.45) is 0 Å². The van der Waals surface area contributed by atoms with Crippen molar-refractivity contribution in [3.05, 3.63) is 29.6 Å². The highest BCUT2D eigenvalue weighted by atomic mass is 19.3. The van der Waals surface area contributed by atoms with Gasteiger partial charge in [-0.3, -0.25) is 0 Å². The average Bonchev–Trinajstić information content (AvgIpc) is 1.94. The summed E-state index contributed by atoms with van der Waals surface area (Å²) in [5.74, 6) is -2.30. The highest BCUT2D eigenvalue weighted by Gasteiger charge is 2.14. The second-order valence-electron chi connectivity index (χ2n) is 1.83. The SMILES string of the molecule is Fc1cc(C(F)F)c(F)cn1. The van der Waals surface area contributed by atoms with E-state index in [1.54, 1.807) is 0 Å². The molecule has 1 nitrogen and oxygen atoms in total. The molecule has 11 heavy (non-hydrogen) atoms. The summed E-state index contributed by atoms with van der Waals surface area (Å²) in [5, 5.41) is 0. The summed E-state index contributed by atoms with van der Waals surface area (Å²) in [6.45, 7) is 0. The Bertz CT molecular complexity index is 261. The van der Waals surface area contributed by atoms with Gasteiger partial charge >= 0.3 is 0 Å². The maximum Gasteiger partial charge on any atom is 0.266 e. The average molecular weight is 165 g/mol. The lowest BCUT2D eigenvalue weighted by molar-refractivity contribution is 0.145. The molecule has 1 heterocycles. The molecule has 0 N–H and O–H groups in total. The largest absolute Gasteiger partial charge is 0.266 e. The van der Waals surface area contributed by atoms with Gasteiger partial charge in [0.05, 0.1) is 11.8 Å². The number of hydrogen-bond acceptors (Lipinski definition) is 1. The van der Waals surface area contributed by atoms with Crippen LogP contribution in [-0.2, 0) is 0 Å². The van der Waals surface area contributed by atoms with Crippen LogP contribution in [0.25, 0.3) is 0 Å². The zero-order valence-electron chi connectivity index (χ0n) is 5.19. The second-order valence-corrected chi connectivity index (χ2v) is 1.83. The van der Waals surface area contributed by atoms with Crippen LogP contribution in [0, 0.1) is 11.8 Å². The van der Waals surface area contributed by atoms with Crippen molar-refractivity contribution in [2.45, 2.75) is 6.43 Å². The molecule has 0 saturated heterocycles. The molecule has 0 aromatic carbocycles. The summed E-state index contributed by atoms with van der Waals surface area (Å²) >= 11 is 0. The minimum absolute atomic E-state index is 0.375. The zero-order chi connectivity index (χ0) is 8.43. The van der Waals surface area contributed by atoms with E-state index in [2.05, 4.69) is 4.98 Å². The third-order valence-corrected chi connectivity index (χ3v) is 1.09. The smallest absolute Gasteiger partial charge is 0.225 e. The molecule has 1 aromatic rings. The first-order valence-electron chi connectivity index (χ1n) is 2.70. The van der Waals surface area contributed by atoms with Gasteiger partial charge in [0.25, 0.3) is 6.43 Å². The van der Waals surface area contributed by atoms with Gasteiger partial charge in [0.1, 0.15) is 0 Å². The van der Waals surface area contributed by atoms with Crippen LogP contribution < -0.4 is 0 Å².